The third-order valence-electron chi connectivity index (χ3n) is 7.95. The van der Waals surface area contributed by atoms with E-state index in [-0.39, 0.29) is 17.7 Å². The SMILES string of the molecule is [B]c1ccc2c(N3C[C@H](CN4CCN(c5cccc(N6CC(C)(N)C6)n5)CC4)O[C@H](C)C3)ccc(C#N)c2n1. The van der Waals surface area contributed by atoms with Gasteiger partial charge in [-0.05, 0) is 49.8 Å². The molecular formula is C29H35BN8O. The predicted molar refractivity (Wildman–Crippen MR) is 156 cm³/mol. The Morgan fingerprint density at radius 2 is 1.74 bits per heavy atom. The highest BCUT2D eigenvalue weighted by molar-refractivity contribution is 6.31. The normalized spacial score (nSPS) is 23.5. The van der Waals surface area contributed by atoms with E-state index < -0.39 is 0 Å². The number of nitrogens with two attached hydrogens (primary N) is 1. The van der Waals surface area contributed by atoms with E-state index in [1.54, 1.807) is 6.07 Å². The minimum atomic E-state index is -0.115. The molecule has 3 aliphatic heterocycles. The van der Waals surface area contributed by atoms with Crippen LogP contribution < -0.4 is 26.0 Å². The van der Waals surface area contributed by atoms with E-state index in [1.807, 2.05) is 18.2 Å². The Balaban J connectivity index is 1.09. The molecule has 2 aromatic heterocycles. The number of ether oxygens (including phenoxy) is 1. The zero-order chi connectivity index (χ0) is 27.1. The van der Waals surface area contributed by atoms with Crippen molar-refractivity contribution in [2.75, 3.05) is 73.6 Å². The van der Waals surface area contributed by atoms with E-state index in [9.17, 15) is 5.26 Å². The van der Waals surface area contributed by atoms with E-state index >= 15 is 0 Å². The van der Waals surface area contributed by atoms with E-state index in [1.165, 1.54) is 0 Å². The first-order valence-corrected chi connectivity index (χ1v) is 13.8. The second kappa shape index (κ2) is 10.3. The molecule has 39 heavy (non-hydrogen) atoms. The van der Waals surface area contributed by atoms with Crippen molar-refractivity contribution in [2.45, 2.75) is 31.6 Å². The predicted octanol–water partition coefficient (Wildman–Crippen LogP) is 1.25. The largest absolute Gasteiger partial charge is 0.370 e. The third kappa shape index (κ3) is 5.39. The molecule has 2 N–H and O–H groups in total. The number of fused-ring (bicyclic) bond motifs is 1. The minimum absolute atomic E-state index is 0.0891. The molecule has 2 radical (unpaired) electrons. The van der Waals surface area contributed by atoms with Gasteiger partial charge in [0.25, 0.3) is 0 Å². The third-order valence-corrected chi connectivity index (χ3v) is 7.95. The van der Waals surface area contributed by atoms with Gasteiger partial charge in [-0.2, -0.15) is 5.26 Å². The number of nitriles is 1. The fourth-order valence-electron chi connectivity index (χ4n) is 6.13. The Kier molecular flexibility index (Phi) is 6.83. The van der Waals surface area contributed by atoms with Crippen LogP contribution in [0.3, 0.4) is 0 Å². The monoisotopic (exact) mass is 522 g/mol. The molecule has 3 fully saturated rings. The first kappa shape index (κ1) is 25.9. The van der Waals surface area contributed by atoms with Crippen LogP contribution in [0.25, 0.3) is 10.9 Å². The summed E-state index contributed by atoms with van der Waals surface area (Å²) in [4.78, 5) is 18.9. The van der Waals surface area contributed by atoms with Crippen molar-refractivity contribution in [1.82, 2.24) is 14.9 Å². The molecule has 9 nitrogen and oxygen atoms in total. The fraction of sp³-hybridized carbons (Fsp3) is 0.483. The number of piperazine rings is 1. The lowest BCUT2D eigenvalue weighted by molar-refractivity contribution is -0.0327. The molecule has 3 saturated heterocycles. The second-order valence-corrected chi connectivity index (χ2v) is 11.5. The molecule has 0 amide bonds. The van der Waals surface area contributed by atoms with Crippen molar-refractivity contribution >= 4 is 41.7 Å². The summed E-state index contributed by atoms with van der Waals surface area (Å²) in [6.45, 7) is 12.2. The van der Waals surface area contributed by atoms with E-state index in [0.717, 1.165) is 81.6 Å². The molecule has 0 aliphatic carbocycles. The van der Waals surface area contributed by atoms with Gasteiger partial charge >= 0.3 is 0 Å². The summed E-state index contributed by atoms with van der Waals surface area (Å²) in [5.74, 6) is 2.05. The van der Waals surface area contributed by atoms with Gasteiger partial charge in [-0.25, -0.2) is 4.98 Å². The van der Waals surface area contributed by atoms with Gasteiger partial charge in [0, 0.05) is 75.5 Å². The number of nitrogens with zero attached hydrogens (tertiary/aromatic N) is 7. The van der Waals surface area contributed by atoms with Crippen molar-refractivity contribution in [3.05, 3.63) is 48.0 Å². The standard InChI is InChI=1S/C29H35BN8O/c1-20-15-37(24-8-6-21(14-31)28-23(24)7-9-25(30)33-28)17-22(39-20)16-35-10-12-36(13-11-35)26-4-3-5-27(34-26)38-18-29(2,32)19-38/h3-9,20,22H,10-13,15-19,32H2,1-2H3/t20-,22+/m1/s1. The zero-order valence-corrected chi connectivity index (χ0v) is 22.8. The molecule has 5 heterocycles. The highest BCUT2D eigenvalue weighted by Gasteiger charge is 2.36. The molecule has 1 aromatic carbocycles. The van der Waals surface area contributed by atoms with E-state index in [2.05, 4.69) is 62.7 Å². The number of aromatic nitrogens is 2. The van der Waals surface area contributed by atoms with E-state index in [4.69, 9.17) is 23.3 Å². The molecule has 10 heteroatoms. The summed E-state index contributed by atoms with van der Waals surface area (Å²) < 4.78 is 6.39. The summed E-state index contributed by atoms with van der Waals surface area (Å²) in [5.41, 5.74) is 8.77. The van der Waals surface area contributed by atoms with Gasteiger partial charge in [0.1, 0.15) is 25.6 Å². The number of hydrogen-bond donors (Lipinski definition) is 1. The average molecular weight is 522 g/mol. The summed E-state index contributed by atoms with van der Waals surface area (Å²) in [6, 6.07) is 16.2. The number of morpholine rings is 1. The number of anilines is 3. The van der Waals surface area contributed by atoms with Gasteiger partial charge in [0.05, 0.1) is 23.3 Å². The van der Waals surface area contributed by atoms with E-state index in [0.29, 0.717) is 16.7 Å². The zero-order valence-electron chi connectivity index (χ0n) is 22.8. The van der Waals surface area contributed by atoms with Crippen LogP contribution in [0.15, 0.2) is 42.5 Å². The highest BCUT2D eigenvalue weighted by Crippen LogP contribution is 2.30. The first-order valence-electron chi connectivity index (χ1n) is 13.8. The lowest BCUT2D eigenvalue weighted by atomic mass is 9.94. The topological polar surface area (TPSA) is 97.8 Å². The number of pyridine rings is 2. The second-order valence-electron chi connectivity index (χ2n) is 11.5. The van der Waals surface area contributed by atoms with Crippen LogP contribution in [0, 0.1) is 11.3 Å². The molecule has 200 valence electrons. The molecule has 0 saturated carbocycles. The smallest absolute Gasteiger partial charge is 0.141 e. The maximum Gasteiger partial charge on any atom is 0.141 e. The van der Waals surface area contributed by atoms with Crippen molar-refractivity contribution in [3.8, 4) is 6.07 Å². The first-order chi connectivity index (χ1) is 18.8. The molecular weight excluding hydrogens is 487 g/mol. The average Bonchev–Trinajstić information content (AvgIpc) is 2.91. The summed E-state index contributed by atoms with van der Waals surface area (Å²) >= 11 is 0. The van der Waals surface area contributed by atoms with Gasteiger partial charge < -0.3 is 25.2 Å². The number of hydrogen-bond acceptors (Lipinski definition) is 9. The van der Waals surface area contributed by atoms with Crippen LogP contribution in [-0.4, -0.2) is 99.4 Å². The van der Waals surface area contributed by atoms with Crippen molar-refractivity contribution in [2.24, 2.45) is 5.73 Å². The molecule has 0 spiro atoms. The molecule has 2 atom stereocenters. The Morgan fingerprint density at radius 3 is 2.46 bits per heavy atom. The van der Waals surface area contributed by atoms with Crippen LogP contribution in [-0.2, 0) is 4.74 Å². The van der Waals surface area contributed by atoms with Crippen LogP contribution >= 0.6 is 0 Å². The lowest BCUT2D eigenvalue weighted by Gasteiger charge is -2.46. The highest BCUT2D eigenvalue weighted by atomic mass is 16.5. The fourth-order valence-corrected chi connectivity index (χ4v) is 6.13. The van der Waals surface area contributed by atoms with Gasteiger partial charge in [-0.3, -0.25) is 9.88 Å². The van der Waals surface area contributed by atoms with Crippen LogP contribution in [0.5, 0.6) is 0 Å². The van der Waals surface area contributed by atoms with Crippen LogP contribution in [0.2, 0.25) is 0 Å². The molecule has 0 bridgehead atoms. The summed E-state index contributed by atoms with van der Waals surface area (Å²) in [5, 5.41) is 10.5. The minimum Gasteiger partial charge on any atom is -0.370 e. The van der Waals surface area contributed by atoms with Crippen LogP contribution in [0.4, 0.5) is 17.3 Å². The summed E-state index contributed by atoms with van der Waals surface area (Å²) in [7, 11) is 5.94. The molecule has 6 rings (SSSR count). The van der Waals surface area contributed by atoms with Crippen molar-refractivity contribution < 1.29 is 4.74 Å². The van der Waals surface area contributed by atoms with Crippen molar-refractivity contribution in [3.63, 3.8) is 0 Å². The molecule has 3 aliphatic rings. The van der Waals surface area contributed by atoms with Crippen molar-refractivity contribution in [1.29, 1.82) is 5.26 Å². The summed E-state index contributed by atoms with van der Waals surface area (Å²) in [6.07, 6.45) is 0.187. The van der Waals surface area contributed by atoms with Crippen LogP contribution in [0.1, 0.15) is 19.4 Å². The Hall–Kier alpha value is -3.39. The molecule has 3 aromatic rings. The molecule has 0 unspecified atom stereocenters. The number of benzene rings is 1. The maximum absolute atomic E-state index is 9.57. The number of rotatable bonds is 5. The Labute approximate surface area is 231 Å². The maximum atomic E-state index is 9.57. The quantitative estimate of drug-likeness (QED) is 0.497. The Bertz CT molecular complexity index is 1390. The Morgan fingerprint density at radius 1 is 1.00 bits per heavy atom. The van der Waals surface area contributed by atoms with Gasteiger partial charge in [0.2, 0.25) is 0 Å². The van der Waals surface area contributed by atoms with Gasteiger partial charge in [0.15, 0.2) is 0 Å². The lowest BCUT2D eigenvalue weighted by Crippen LogP contribution is -2.65. The van der Waals surface area contributed by atoms with Gasteiger partial charge in [-0.1, -0.05) is 12.1 Å². The van der Waals surface area contributed by atoms with Gasteiger partial charge in [-0.15, -0.1) is 0 Å².